The van der Waals surface area contributed by atoms with Gasteiger partial charge in [-0.3, -0.25) is 0 Å². The monoisotopic (exact) mass is 350 g/mol. The van der Waals surface area contributed by atoms with Gasteiger partial charge in [-0.2, -0.15) is 13.2 Å². The molecule has 0 saturated carbocycles. The van der Waals surface area contributed by atoms with Crippen molar-refractivity contribution in [2.45, 2.75) is 25.6 Å². The molecule has 0 aromatic heterocycles. The summed E-state index contributed by atoms with van der Waals surface area (Å²) in [4.78, 5) is 2.20. The zero-order chi connectivity index (χ0) is 14.9. The van der Waals surface area contributed by atoms with E-state index >= 15 is 0 Å². The number of nitrogens with zero attached hydrogens (tertiary/aromatic N) is 1. The van der Waals surface area contributed by atoms with Crippen LogP contribution < -0.4 is 5.32 Å². The van der Waals surface area contributed by atoms with Crippen molar-refractivity contribution in [3.63, 3.8) is 0 Å². The molecule has 2 atom stereocenters. The van der Waals surface area contributed by atoms with Crippen LogP contribution in [0, 0.1) is 5.92 Å². The smallest absolute Gasteiger partial charge is 0.381 e. The Bertz CT molecular complexity index is 476. The van der Waals surface area contributed by atoms with Crippen molar-refractivity contribution in [2.24, 2.45) is 5.92 Å². The van der Waals surface area contributed by atoms with Crippen molar-refractivity contribution in [3.05, 3.63) is 28.2 Å². The van der Waals surface area contributed by atoms with Gasteiger partial charge in [0, 0.05) is 22.7 Å². The minimum atomic E-state index is -4.34. The van der Waals surface area contributed by atoms with Crippen LogP contribution in [-0.4, -0.2) is 31.1 Å². The number of hydrogen-bond donors (Lipinski definition) is 1. The molecule has 2 unspecified atom stereocenters. The first-order chi connectivity index (χ1) is 9.27. The average molecular weight is 351 g/mol. The summed E-state index contributed by atoms with van der Waals surface area (Å²) in [6.45, 7) is 3.86. The van der Waals surface area contributed by atoms with E-state index in [1.807, 2.05) is 7.05 Å². The highest BCUT2D eigenvalue weighted by atomic mass is 79.9. The zero-order valence-corrected chi connectivity index (χ0v) is 13.1. The summed E-state index contributed by atoms with van der Waals surface area (Å²) in [5.74, 6) is 0.314. The first-order valence-corrected chi connectivity index (χ1v) is 7.38. The fourth-order valence-electron chi connectivity index (χ4n) is 2.65. The Labute approximate surface area is 125 Å². The molecule has 1 aliphatic heterocycles. The van der Waals surface area contributed by atoms with E-state index in [2.05, 4.69) is 33.1 Å². The second kappa shape index (κ2) is 5.93. The van der Waals surface area contributed by atoms with Gasteiger partial charge in [0.2, 0.25) is 0 Å². The van der Waals surface area contributed by atoms with Gasteiger partial charge in [0.15, 0.2) is 0 Å². The van der Waals surface area contributed by atoms with Gasteiger partial charge in [-0.1, -0.05) is 22.9 Å². The largest absolute Gasteiger partial charge is 0.418 e. The first-order valence-electron chi connectivity index (χ1n) is 6.59. The highest BCUT2D eigenvalue weighted by molar-refractivity contribution is 9.10. The maximum Gasteiger partial charge on any atom is 0.418 e. The van der Waals surface area contributed by atoms with Crippen LogP contribution >= 0.6 is 15.9 Å². The lowest BCUT2D eigenvalue weighted by Gasteiger charge is -2.36. The number of likely N-dealkylation sites (tertiary alicyclic amines) is 1. The van der Waals surface area contributed by atoms with Crippen molar-refractivity contribution in [2.75, 3.05) is 25.5 Å². The number of halogens is 4. The Morgan fingerprint density at radius 2 is 2.05 bits per heavy atom. The van der Waals surface area contributed by atoms with Gasteiger partial charge in [-0.15, -0.1) is 0 Å². The minimum Gasteiger partial charge on any atom is -0.381 e. The number of alkyl halides is 3. The fraction of sp³-hybridized carbons (Fsp3) is 0.571. The van der Waals surface area contributed by atoms with E-state index in [1.54, 1.807) is 0 Å². The molecule has 20 heavy (non-hydrogen) atoms. The molecule has 6 heteroatoms. The van der Waals surface area contributed by atoms with Crippen LogP contribution in [-0.2, 0) is 6.18 Å². The molecule has 112 valence electrons. The van der Waals surface area contributed by atoms with Crippen LogP contribution in [0.4, 0.5) is 18.9 Å². The number of rotatable bonds is 2. The minimum absolute atomic E-state index is 0.0709. The number of piperidine rings is 1. The summed E-state index contributed by atoms with van der Waals surface area (Å²) in [5, 5.41) is 3.09. The number of anilines is 1. The van der Waals surface area contributed by atoms with Gasteiger partial charge >= 0.3 is 6.18 Å². The van der Waals surface area contributed by atoms with E-state index in [-0.39, 0.29) is 11.7 Å². The molecule has 0 amide bonds. The van der Waals surface area contributed by atoms with E-state index in [9.17, 15) is 13.2 Å². The normalized spacial score (nSPS) is 24.7. The number of hydrogen-bond acceptors (Lipinski definition) is 2. The van der Waals surface area contributed by atoms with E-state index in [1.165, 1.54) is 12.1 Å². The van der Waals surface area contributed by atoms with Crippen molar-refractivity contribution in [1.29, 1.82) is 0 Å². The predicted molar refractivity (Wildman–Crippen MR) is 77.8 cm³/mol. The highest BCUT2D eigenvalue weighted by Gasteiger charge is 2.34. The third-order valence-corrected chi connectivity index (χ3v) is 4.23. The van der Waals surface area contributed by atoms with Gasteiger partial charge in [-0.25, -0.2) is 0 Å². The lowest BCUT2D eigenvalue weighted by Crippen LogP contribution is -2.43. The molecule has 2 nitrogen and oxygen atoms in total. The summed E-state index contributed by atoms with van der Waals surface area (Å²) < 4.78 is 39.7. The quantitative estimate of drug-likeness (QED) is 0.858. The van der Waals surface area contributed by atoms with Crippen LogP contribution in [0.1, 0.15) is 18.9 Å². The van der Waals surface area contributed by atoms with E-state index in [0.29, 0.717) is 10.4 Å². The second-order valence-electron chi connectivity index (χ2n) is 5.47. The Morgan fingerprint density at radius 3 is 2.65 bits per heavy atom. The number of benzene rings is 1. The molecule has 1 N–H and O–H groups in total. The van der Waals surface area contributed by atoms with Gasteiger partial charge in [0.1, 0.15) is 0 Å². The molecule has 1 saturated heterocycles. The van der Waals surface area contributed by atoms with Crippen molar-refractivity contribution in [3.8, 4) is 0 Å². The van der Waals surface area contributed by atoms with Crippen LogP contribution in [0.2, 0.25) is 0 Å². The molecule has 1 aliphatic rings. The fourth-order valence-corrected chi connectivity index (χ4v) is 3.01. The van der Waals surface area contributed by atoms with E-state index < -0.39 is 11.7 Å². The van der Waals surface area contributed by atoms with Crippen LogP contribution in [0.15, 0.2) is 22.7 Å². The zero-order valence-electron chi connectivity index (χ0n) is 11.5. The van der Waals surface area contributed by atoms with Gasteiger partial charge in [0.25, 0.3) is 0 Å². The van der Waals surface area contributed by atoms with Gasteiger partial charge in [-0.05, 0) is 44.1 Å². The summed E-state index contributed by atoms with van der Waals surface area (Å²) in [6, 6.07) is 4.12. The molecule has 0 spiro atoms. The lowest BCUT2D eigenvalue weighted by molar-refractivity contribution is -0.137. The third-order valence-electron chi connectivity index (χ3n) is 3.74. The molecule has 1 heterocycles. The standard InChI is InChI=1S/C14H18BrF3N2/c1-9-8-20(2)6-5-12(9)19-13-7-10(15)3-4-11(13)14(16,17)18/h3-4,7,9,12,19H,5-6,8H2,1-2H3. The Kier molecular flexibility index (Phi) is 4.64. The first kappa shape index (κ1) is 15.6. The molecule has 1 aromatic carbocycles. The van der Waals surface area contributed by atoms with Gasteiger partial charge < -0.3 is 10.2 Å². The number of nitrogens with one attached hydrogen (secondary N) is 1. The Balaban J connectivity index is 2.22. The van der Waals surface area contributed by atoms with Crippen molar-refractivity contribution >= 4 is 21.6 Å². The van der Waals surface area contributed by atoms with E-state index in [4.69, 9.17) is 0 Å². The summed E-state index contributed by atoms with van der Waals surface area (Å²) in [5.41, 5.74) is -0.444. The van der Waals surface area contributed by atoms with E-state index in [0.717, 1.165) is 25.6 Å². The average Bonchev–Trinajstić information content (AvgIpc) is 2.31. The summed E-state index contributed by atoms with van der Waals surface area (Å²) in [6.07, 6.45) is -3.49. The third kappa shape index (κ3) is 3.67. The van der Waals surface area contributed by atoms with Crippen molar-refractivity contribution in [1.82, 2.24) is 4.90 Å². The van der Waals surface area contributed by atoms with Crippen molar-refractivity contribution < 1.29 is 13.2 Å². The Morgan fingerprint density at radius 1 is 1.35 bits per heavy atom. The van der Waals surface area contributed by atoms with Gasteiger partial charge in [0.05, 0.1) is 5.56 Å². The maximum absolute atomic E-state index is 13.0. The van der Waals surface area contributed by atoms with Crippen LogP contribution in [0.25, 0.3) is 0 Å². The summed E-state index contributed by atoms with van der Waals surface area (Å²) in [7, 11) is 2.03. The molecule has 1 aromatic rings. The summed E-state index contributed by atoms with van der Waals surface area (Å²) >= 11 is 3.24. The molecule has 0 aliphatic carbocycles. The molecule has 0 radical (unpaired) electrons. The predicted octanol–water partition coefficient (Wildman–Crippen LogP) is 4.22. The Hall–Kier alpha value is -0.750. The molecule has 0 bridgehead atoms. The molecular weight excluding hydrogens is 333 g/mol. The SMILES string of the molecule is CC1CN(C)CCC1Nc1cc(Br)ccc1C(F)(F)F. The highest BCUT2D eigenvalue weighted by Crippen LogP contribution is 2.37. The maximum atomic E-state index is 13.0. The van der Waals surface area contributed by atoms with Crippen LogP contribution in [0.3, 0.4) is 0 Å². The topological polar surface area (TPSA) is 15.3 Å². The second-order valence-corrected chi connectivity index (χ2v) is 6.38. The molecular formula is C14H18BrF3N2. The molecule has 2 rings (SSSR count). The van der Waals surface area contributed by atoms with Crippen LogP contribution in [0.5, 0.6) is 0 Å². The molecule has 1 fully saturated rings. The lowest BCUT2D eigenvalue weighted by atomic mass is 9.93.